The van der Waals surface area contributed by atoms with Gasteiger partial charge in [-0.3, -0.25) is 4.98 Å². The fourth-order valence-electron chi connectivity index (χ4n) is 1.52. The lowest BCUT2D eigenvalue weighted by Crippen LogP contribution is -2.20. The molecule has 0 fully saturated rings. The number of nitrogens with zero attached hydrogens (tertiary/aromatic N) is 1. The highest BCUT2D eigenvalue weighted by Gasteiger charge is 2.04. The van der Waals surface area contributed by atoms with Gasteiger partial charge in [0.15, 0.2) is 0 Å². The van der Waals surface area contributed by atoms with Crippen LogP contribution in [-0.2, 0) is 0 Å². The fourth-order valence-corrected chi connectivity index (χ4v) is 1.52. The van der Waals surface area contributed by atoms with Gasteiger partial charge in [0, 0.05) is 17.6 Å². The molecule has 0 radical (unpaired) electrons. The number of benzene rings is 1. The van der Waals surface area contributed by atoms with Crippen LogP contribution in [0.3, 0.4) is 0 Å². The topological polar surface area (TPSA) is 80.0 Å². The maximum Gasteiger partial charge on any atom is 0.323 e. The second-order valence-corrected chi connectivity index (χ2v) is 3.84. The lowest BCUT2D eigenvalue weighted by Gasteiger charge is -2.09. The van der Waals surface area contributed by atoms with Gasteiger partial charge in [0.1, 0.15) is 0 Å². The number of aromatic nitrogens is 1. The quantitative estimate of drug-likeness (QED) is 0.708. The number of amides is 2. The molecule has 2 amide bonds. The number of aryl methyl sites for hydroxylation is 1. The van der Waals surface area contributed by atoms with Crippen molar-refractivity contribution in [3.63, 3.8) is 0 Å². The van der Waals surface area contributed by atoms with Gasteiger partial charge >= 0.3 is 6.03 Å². The van der Waals surface area contributed by atoms with Gasteiger partial charge in [0.2, 0.25) is 0 Å². The first-order valence-electron chi connectivity index (χ1n) is 5.50. The van der Waals surface area contributed by atoms with E-state index in [1.54, 1.807) is 42.6 Å². The van der Waals surface area contributed by atoms with E-state index in [2.05, 4.69) is 15.6 Å². The Hall–Kier alpha value is -2.56. The summed E-state index contributed by atoms with van der Waals surface area (Å²) in [6.07, 6.45) is 1.68. The summed E-state index contributed by atoms with van der Waals surface area (Å²) in [5.41, 5.74) is 8.32. The summed E-state index contributed by atoms with van der Waals surface area (Å²) in [7, 11) is 0. The third-order valence-corrected chi connectivity index (χ3v) is 2.40. The zero-order valence-electron chi connectivity index (χ0n) is 9.97. The van der Waals surface area contributed by atoms with E-state index in [0.717, 1.165) is 5.69 Å². The second kappa shape index (κ2) is 5.18. The van der Waals surface area contributed by atoms with Gasteiger partial charge in [0.05, 0.1) is 11.4 Å². The standard InChI is InChI=1S/C13H14N4O/c1-9-12(6-3-7-15-9)17-13(18)16-11-5-2-4-10(14)8-11/h2-8H,14H2,1H3,(H2,16,17,18). The van der Waals surface area contributed by atoms with Gasteiger partial charge < -0.3 is 16.4 Å². The lowest BCUT2D eigenvalue weighted by atomic mass is 10.3. The summed E-state index contributed by atoms with van der Waals surface area (Å²) < 4.78 is 0. The van der Waals surface area contributed by atoms with Gasteiger partial charge in [-0.05, 0) is 37.3 Å². The van der Waals surface area contributed by atoms with Crippen LogP contribution in [0, 0.1) is 6.92 Å². The number of nitrogens with one attached hydrogen (secondary N) is 2. The fraction of sp³-hybridized carbons (Fsp3) is 0.0769. The molecule has 0 aliphatic rings. The molecule has 0 atom stereocenters. The van der Waals surface area contributed by atoms with Gasteiger partial charge in [-0.15, -0.1) is 0 Å². The summed E-state index contributed by atoms with van der Waals surface area (Å²) in [4.78, 5) is 15.8. The minimum absolute atomic E-state index is 0.322. The number of urea groups is 1. The summed E-state index contributed by atoms with van der Waals surface area (Å²) in [6, 6.07) is 10.2. The van der Waals surface area contributed by atoms with E-state index in [1.165, 1.54) is 0 Å². The minimum atomic E-state index is -0.322. The lowest BCUT2D eigenvalue weighted by molar-refractivity contribution is 0.262. The highest BCUT2D eigenvalue weighted by atomic mass is 16.2. The molecule has 92 valence electrons. The highest BCUT2D eigenvalue weighted by Crippen LogP contribution is 2.14. The largest absolute Gasteiger partial charge is 0.399 e. The molecular weight excluding hydrogens is 228 g/mol. The van der Waals surface area contributed by atoms with E-state index in [-0.39, 0.29) is 6.03 Å². The number of pyridine rings is 1. The van der Waals surface area contributed by atoms with Crippen molar-refractivity contribution in [2.45, 2.75) is 6.92 Å². The van der Waals surface area contributed by atoms with Crippen molar-refractivity contribution in [1.29, 1.82) is 0 Å². The van der Waals surface area contributed by atoms with Crippen LogP contribution in [0.1, 0.15) is 5.69 Å². The Morgan fingerprint density at radius 2 is 2.06 bits per heavy atom. The van der Waals surface area contributed by atoms with Gasteiger partial charge in [-0.1, -0.05) is 6.07 Å². The summed E-state index contributed by atoms with van der Waals surface area (Å²) in [5.74, 6) is 0. The van der Waals surface area contributed by atoms with Crippen molar-refractivity contribution in [2.75, 3.05) is 16.4 Å². The van der Waals surface area contributed by atoms with Crippen molar-refractivity contribution < 1.29 is 4.79 Å². The smallest absolute Gasteiger partial charge is 0.323 e. The van der Waals surface area contributed by atoms with Crippen molar-refractivity contribution in [3.8, 4) is 0 Å². The summed E-state index contributed by atoms with van der Waals surface area (Å²) in [6.45, 7) is 1.83. The molecule has 5 heteroatoms. The highest BCUT2D eigenvalue weighted by molar-refractivity contribution is 6.00. The predicted octanol–water partition coefficient (Wildman–Crippen LogP) is 2.62. The Kier molecular flexibility index (Phi) is 3.43. The van der Waals surface area contributed by atoms with Gasteiger partial charge in [-0.25, -0.2) is 4.79 Å². The molecule has 18 heavy (non-hydrogen) atoms. The molecular formula is C13H14N4O. The van der Waals surface area contributed by atoms with E-state index in [1.807, 2.05) is 6.92 Å². The van der Waals surface area contributed by atoms with Crippen LogP contribution in [0.15, 0.2) is 42.6 Å². The number of rotatable bonds is 2. The maximum atomic E-state index is 11.8. The van der Waals surface area contributed by atoms with Crippen molar-refractivity contribution in [2.24, 2.45) is 0 Å². The Morgan fingerprint density at radius 3 is 2.78 bits per heavy atom. The first-order valence-corrected chi connectivity index (χ1v) is 5.50. The third-order valence-electron chi connectivity index (χ3n) is 2.40. The maximum absolute atomic E-state index is 11.8. The summed E-state index contributed by atoms with van der Waals surface area (Å²) >= 11 is 0. The van der Waals surface area contributed by atoms with Crippen molar-refractivity contribution in [3.05, 3.63) is 48.3 Å². The average molecular weight is 242 g/mol. The first kappa shape index (κ1) is 11.9. The molecule has 0 saturated heterocycles. The number of hydrogen-bond acceptors (Lipinski definition) is 3. The number of nitrogen functional groups attached to an aromatic ring is 1. The minimum Gasteiger partial charge on any atom is -0.399 e. The van der Waals surface area contributed by atoms with Crippen LogP contribution in [0.2, 0.25) is 0 Å². The van der Waals surface area contributed by atoms with Crippen molar-refractivity contribution >= 4 is 23.1 Å². The molecule has 0 unspecified atom stereocenters. The van der Waals surface area contributed by atoms with Crippen LogP contribution in [0.4, 0.5) is 21.9 Å². The van der Waals surface area contributed by atoms with E-state index >= 15 is 0 Å². The van der Waals surface area contributed by atoms with E-state index in [0.29, 0.717) is 17.1 Å². The zero-order chi connectivity index (χ0) is 13.0. The zero-order valence-corrected chi connectivity index (χ0v) is 9.97. The molecule has 0 spiro atoms. The van der Waals surface area contributed by atoms with E-state index < -0.39 is 0 Å². The second-order valence-electron chi connectivity index (χ2n) is 3.84. The van der Waals surface area contributed by atoms with Crippen LogP contribution >= 0.6 is 0 Å². The van der Waals surface area contributed by atoms with Crippen LogP contribution in [-0.4, -0.2) is 11.0 Å². The Morgan fingerprint density at radius 1 is 1.22 bits per heavy atom. The van der Waals surface area contributed by atoms with E-state index in [9.17, 15) is 4.79 Å². The van der Waals surface area contributed by atoms with Crippen LogP contribution < -0.4 is 16.4 Å². The molecule has 2 aromatic rings. The molecule has 0 bridgehead atoms. The van der Waals surface area contributed by atoms with Crippen LogP contribution in [0.5, 0.6) is 0 Å². The van der Waals surface area contributed by atoms with Gasteiger partial charge in [-0.2, -0.15) is 0 Å². The number of hydrogen-bond donors (Lipinski definition) is 3. The normalized spacial score (nSPS) is 9.83. The number of carbonyl (C=O) groups is 1. The molecule has 0 saturated carbocycles. The van der Waals surface area contributed by atoms with E-state index in [4.69, 9.17) is 5.73 Å². The number of anilines is 3. The number of nitrogens with two attached hydrogens (primary N) is 1. The Labute approximate surface area is 105 Å². The molecule has 0 aliphatic heterocycles. The monoisotopic (exact) mass is 242 g/mol. The Bertz CT molecular complexity index is 568. The molecule has 1 heterocycles. The number of carbonyl (C=O) groups excluding carboxylic acids is 1. The van der Waals surface area contributed by atoms with Gasteiger partial charge in [0.25, 0.3) is 0 Å². The van der Waals surface area contributed by atoms with Crippen LogP contribution in [0.25, 0.3) is 0 Å². The molecule has 4 N–H and O–H groups in total. The Balaban J connectivity index is 2.03. The molecule has 1 aromatic carbocycles. The molecule has 5 nitrogen and oxygen atoms in total. The summed E-state index contributed by atoms with van der Waals surface area (Å²) in [5, 5.41) is 5.43. The molecule has 2 rings (SSSR count). The molecule has 1 aromatic heterocycles. The average Bonchev–Trinajstić information content (AvgIpc) is 2.32. The van der Waals surface area contributed by atoms with Crippen molar-refractivity contribution in [1.82, 2.24) is 4.98 Å². The molecule has 0 aliphatic carbocycles. The predicted molar refractivity (Wildman–Crippen MR) is 72.5 cm³/mol. The first-order chi connectivity index (χ1) is 8.65. The SMILES string of the molecule is Cc1ncccc1NC(=O)Nc1cccc(N)c1. The third kappa shape index (κ3) is 2.98.